The van der Waals surface area contributed by atoms with Gasteiger partial charge in [-0.25, -0.2) is 4.79 Å². The van der Waals surface area contributed by atoms with Gasteiger partial charge in [0.25, 0.3) is 0 Å². The minimum Gasteiger partial charge on any atom is -0.456 e. The van der Waals surface area contributed by atoms with Crippen molar-refractivity contribution >= 4 is 5.97 Å². The van der Waals surface area contributed by atoms with Crippen LogP contribution in [0.15, 0.2) is 30.3 Å². The van der Waals surface area contributed by atoms with Gasteiger partial charge in [-0.3, -0.25) is 0 Å². The Hall–Kier alpha value is -1.39. The van der Waals surface area contributed by atoms with Crippen molar-refractivity contribution in [2.24, 2.45) is 5.73 Å². The Bertz CT molecular complexity index is 380. The Morgan fingerprint density at radius 2 is 2.18 bits per heavy atom. The summed E-state index contributed by atoms with van der Waals surface area (Å²) in [5, 5.41) is 0. The molecule has 1 heterocycles. The average Bonchev–Trinajstić information content (AvgIpc) is 2.77. The number of ether oxygens (including phenoxy) is 2. The summed E-state index contributed by atoms with van der Waals surface area (Å²) in [6.07, 6.45) is 0.386. The van der Waals surface area contributed by atoms with Crippen molar-refractivity contribution in [1.29, 1.82) is 0 Å². The van der Waals surface area contributed by atoms with Crippen LogP contribution < -0.4 is 5.73 Å². The molecule has 1 aromatic carbocycles. The molecule has 4 nitrogen and oxygen atoms in total. The zero-order chi connectivity index (χ0) is 12.3. The summed E-state index contributed by atoms with van der Waals surface area (Å²) >= 11 is 0. The Morgan fingerprint density at radius 1 is 1.47 bits per heavy atom. The first-order valence-electron chi connectivity index (χ1n) is 5.80. The Labute approximate surface area is 101 Å². The largest absolute Gasteiger partial charge is 0.456 e. The fraction of sp³-hybridized carbons (Fsp3) is 0.462. The van der Waals surface area contributed by atoms with Crippen molar-refractivity contribution in [2.75, 3.05) is 6.61 Å². The highest BCUT2D eigenvalue weighted by Crippen LogP contribution is 2.18. The number of carbonyl (C=O) groups excluding carboxylic acids is 1. The lowest BCUT2D eigenvalue weighted by Gasteiger charge is -2.19. The molecule has 0 radical (unpaired) electrons. The maximum Gasteiger partial charge on any atom is 0.338 e. The van der Waals surface area contributed by atoms with Crippen molar-refractivity contribution in [3.63, 3.8) is 0 Å². The maximum atomic E-state index is 11.8. The Balaban J connectivity index is 1.91. The lowest BCUT2D eigenvalue weighted by molar-refractivity contribution is -0.0212. The fourth-order valence-corrected chi connectivity index (χ4v) is 1.90. The van der Waals surface area contributed by atoms with Crippen molar-refractivity contribution in [2.45, 2.75) is 31.6 Å². The number of benzene rings is 1. The zero-order valence-electron chi connectivity index (χ0n) is 9.84. The van der Waals surface area contributed by atoms with Crippen molar-refractivity contribution in [3.05, 3.63) is 35.9 Å². The van der Waals surface area contributed by atoms with Gasteiger partial charge in [0.2, 0.25) is 0 Å². The topological polar surface area (TPSA) is 61.5 Å². The fourth-order valence-electron chi connectivity index (χ4n) is 1.90. The highest BCUT2D eigenvalue weighted by molar-refractivity contribution is 5.89. The van der Waals surface area contributed by atoms with E-state index in [0.29, 0.717) is 12.2 Å². The number of rotatable bonds is 3. The average molecular weight is 235 g/mol. The molecule has 1 fully saturated rings. The third-order valence-corrected chi connectivity index (χ3v) is 2.89. The second-order valence-corrected chi connectivity index (χ2v) is 4.34. The molecule has 0 spiro atoms. The van der Waals surface area contributed by atoms with Gasteiger partial charge in [-0.05, 0) is 25.5 Å². The van der Waals surface area contributed by atoms with E-state index in [-0.39, 0.29) is 24.2 Å². The van der Waals surface area contributed by atoms with E-state index in [2.05, 4.69) is 0 Å². The number of carbonyl (C=O) groups is 1. The SMILES string of the molecule is CC(OC(=O)c1ccccc1)[C@@H]1C[C@@H](N)CO1. The first-order chi connectivity index (χ1) is 8.16. The smallest absolute Gasteiger partial charge is 0.338 e. The molecule has 0 saturated carbocycles. The van der Waals surface area contributed by atoms with Crippen molar-refractivity contribution in [3.8, 4) is 0 Å². The highest BCUT2D eigenvalue weighted by atomic mass is 16.6. The summed E-state index contributed by atoms with van der Waals surface area (Å²) in [5.41, 5.74) is 6.30. The number of nitrogens with two attached hydrogens (primary N) is 1. The molecule has 1 aromatic rings. The lowest BCUT2D eigenvalue weighted by atomic mass is 10.1. The van der Waals surface area contributed by atoms with E-state index in [1.165, 1.54) is 0 Å². The molecular weight excluding hydrogens is 218 g/mol. The quantitative estimate of drug-likeness (QED) is 0.803. The van der Waals surface area contributed by atoms with Crippen LogP contribution in [0.5, 0.6) is 0 Å². The second-order valence-electron chi connectivity index (χ2n) is 4.34. The predicted molar refractivity (Wildman–Crippen MR) is 63.7 cm³/mol. The zero-order valence-corrected chi connectivity index (χ0v) is 9.84. The molecule has 1 aliphatic rings. The van der Waals surface area contributed by atoms with Crippen LogP contribution in [0.3, 0.4) is 0 Å². The van der Waals surface area contributed by atoms with Gasteiger partial charge in [-0.1, -0.05) is 18.2 Å². The molecule has 0 aromatic heterocycles. The normalized spacial score (nSPS) is 25.5. The number of hydrogen-bond donors (Lipinski definition) is 1. The van der Waals surface area contributed by atoms with Crippen LogP contribution >= 0.6 is 0 Å². The first-order valence-corrected chi connectivity index (χ1v) is 5.80. The van der Waals surface area contributed by atoms with E-state index < -0.39 is 0 Å². The van der Waals surface area contributed by atoms with Crippen LogP contribution in [0.4, 0.5) is 0 Å². The molecule has 1 unspecified atom stereocenters. The van der Waals surface area contributed by atoms with Crippen LogP contribution in [0, 0.1) is 0 Å². The molecule has 0 aliphatic carbocycles. The van der Waals surface area contributed by atoms with Crippen LogP contribution in [0.2, 0.25) is 0 Å². The van der Waals surface area contributed by atoms with Gasteiger partial charge >= 0.3 is 5.97 Å². The van der Waals surface area contributed by atoms with Crippen LogP contribution in [-0.4, -0.2) is 30.8 Å². The lowest BCUT2D eigenvalue weighted by Crippen LogP contribution is -2.29. The van der Waals surface area contributed by atoms with Gasteiger partial charge in [0, 0.05) is 6.04 Å². The van der Waals surface area contributed by atoms with Crippen LogP contribution in [0.1, 0.15) is 23.7 Å². The van der Waals surface area contributed by atoms with Crippen LogP contribution in [-0.2, 0) is 9.47 Å². The van der Waals surface area contributed by atoms with E-state index >= 15 is 0 Å². The summed E-state index contributed by atoms with van der Waals surface area (Å²) in [7, 11) is 0. The first kappa shape index (κ1) is 12.1. The van der Waals surface area contributed by atoms with E-state index in [0.717, 1.165) is 6.42 Å². The van der Waals surface area contributed by atoms with Crippen molar-refractivity contribution in [1.82, 2.24) is 0 Å². The Morgan fingerprint density at radius 3 is 2.76 bits per heavy atom. The molecule has 2 N–H and O–H groups in total. The molecule has 1 saturated heterocycles. The van der Waals surface area contributed by atoms with Gasteiger partial charge in [-0.15, -0.1) is 0 Å². The van der Waals surface area contributed by atoms with Crippen LogP contribution in [0.25, 0.3) is 0 Å². The standard InChI is InChI=1S/C13H17NO3/c1-9(12-7-11(14)8-16-12)17-13(15)10-5-3-2-4-6-10/h2-6,9,11-12H,7-8,14H2,1H3/t9?,11-,12+/m1/s1. The third kappa shape index (κ3) is 3.05. The predicted octanol–water partition coefficient (Wildman–Crippen LogP) is 1.35. The van der Waals surface area contributed by atoms with Crippen molar-refractivity contribution < 1.29 is 14.3 Å². The number of hydrogen-bond acceptors (Lipinski definition) is 4. The van der Waals surface area contributed by atoms with E-state index in [4.69, 9.17) is 15.2 Å². The Kier molecular flexibility index (Phi) is 3.76. The summed E-state index contributed by atoms with van der Waals surface area (Å²) in [6, 6.07) is 9.00. The molecular formula is C13H17NO3. The molecule has 17 heavy (non-hydrogen) atoms. The summed E-state index contributed by atoms with van der Waals surface area (Å²) < 4.78 is 10.8. The molecule has 4 heteroatoms. The monoisotopic (exact) mass is 235 g/mol. The third-order valence-electron chi connectivity index (χ3n) is 2.89. The molecule has 0 amide bonds. The summed E-state index contributed by atoms with van der Waals surface area (Å²) in [4.78, 5) is 11.8. The van der Waals surface area contributed by atoms with E-state index in [1.54, 1.807) is 12.1 Å². The van der Waals surface area contributed by atoms with E-state index in [1.807, 2.05) is 25.1 Å². The minimum atomic E-state index is -0.317. The molecule has 1 aliphatic heterocycles. The molecule has 2 rings (SSSR count). The maximum absolute atomic E-state index is 11.8. The van der Waals surface area contributed by atoms with Gasteiger partial charge in [-0.2, -0.15) is 0 Å². The molecule has 0 bridgehead atoms. The summed E-state index contributed by atoms with van der Waals surface area (Å²) in [6.45, 7) is 2.38. The molecule has 3 atom stereocenters. The van der Waals surface area contributed by atoms with E-state index in [9.17, 15) is 4.79 Å². The highest BCUT2D eigenvalue weighted by Gasteiger charge is 2.29. The number of esters is 1. The minimum absolute atomic E-state index is 0.0536. The summed E-state index contributed by atoms with van der Waals surface area (Å²) in [5.74, 6) is -0.317. The van der Waals surface area contributed by atoms with Gasteiger partial charge in [0.15, 0.2) is 0 Å². The van der Waals surface area contributed by atoms with Gasteiger partial charge in [0.05, 0.1) is 18.3 Å². The second kappa shape index (κ2) is 5.29. The van der Waals surface area contributed by atoms with Gasteiger partial charge < -0.3 is 15.2 Å². The molecule has 92 valence electrons. The van der Waals surface area contributed by atoms with Gasteiger partial charge in [0.1, 0.15) is 6.10 Å².